The van der Waals surface area contributed by atoms with Crippen LogP contribution in [0.25, 0.3) is 0 Å². The molecule has 0 saturated carbocycles. The Labute approximate surface area is 104 Å². The van der Waals surface area contributed by atoms with Crippen LogP contribution >= 0.6 is 0 Å². The largest absolute Gasteiger partial charge is 0.481 e. The van der Waals surface area contributed by atoms with Crippen molar-refractivity contribution in [2.75, 3.05) is 13.1 Å². The third-order valence-corrected chi connectivity index (χ3v) is 3.02. The Kier molecular flexibility index (Phi) is 8.46. The number of hydrogen-bond acceptors (Lipinski definition) is 2. The first-order valence-electron chi connectivity index (χ1n) is 6.57. The molecule has 0 aliphatic rings. The normalized spacial score (nSPS) is 10.6. The van der Waals surface area contributed by atoms with Crippen LogP contribution in [0.1, 0.15) is 52.9 Å². The third-order valence-electron chi connectivity index (χ3n) is 3.02. The molecule has 0 bridgehead atoms. The maximum Gasteiger partial charge on any atom is 0.305 e. The van der Waals surface area contributed by atoms with Crippen molar-refractivity contribution in [3.63, 3.8) is 0 Å². The van der Waals surface area contributed by atoms with E-state index in [1.54, 1.807) is 4.90 Å². The van der Waals surface area contributed by atoms with Crippen molar-refractivity contribution in [2.45, 2.75) is 52.9 Å². The molecule has 0 aromatic rings. The number of rotatable bonds is 9. The highest BCUT2D eigenvalue weighted by molar-refractivity contribution is 5.79. The number of amides is 1. The van der Waals surface area contributed by atoms with Crippen LogP contribution in [0.5, 0.6) is 0 Å². The Morgan fingerprint density at radius 1 is 1.12 bits per heavy atom. The molecule has 4 nitrogen and oxygen atoms in total. The van der Waals surface area contributed by atoms with Crippen LogP contribution in [0.4, 0.5) is 0 Å². The van der Waals surface area contributed by atoms with Gasteiger partial charge in [-0.15, -0.1) is 0 Å². The van der Waals surface area contributed by atoms with Crippen LogP contribution < -0.4 is 0 Å². The second-order valence-corrected chi connectivity index (χ2v) is 4.34. The first-order chi connectivity index (χ1) is 8.06. The lowest BCUT2D eigenvalue weighted by Crippen LogP contribution is -2.38. The SMILES string of the molecule is CCCCN(CCC(=O)O)C(=O)C(CC)CC. The third kappa shape index (κ3) is 6.29. The molecular weight excluding hydrogens is 218 g/mol. The van der Waals surface area contributed by atoms with E-state index in [1.807, 2.05) is 13.8 Å². The number of hydrogen-bond donors (Lipinski definition) is 1. The molecule has 0 aliphatic carbocycles. The number of carboxylic acids is 1. The van der Waals surface area contributed by atoms with Gasteiger partial charge >= 0.3 is 5.97 Å². The molecule has 0 heterocycles. The Morgan fingerprint density at radius 2 is 1.71 bits per heavy atom. The number of aliphatic carboxylic acids is 1. The van der Waals surface area contributed by atoms with Crippen LogP contribution in [0, 0.1) is 5.92 Å². The maximum atomic E-state index is 12.2. The average Bonchev–Trinajstić information content (AvgIpc) is 2.30. The summed E-state index contributed by atoms with van der Waals surface area (Å²) in [7, 11) is 0. The standard InChI is InChI=1S/C13H25NO3/c1-4-7-9-14(10-8-12(15)16)13(17)11(5-2)6-3/h11H,4-10H2,1-3H3,(H,15,16). The van der Waals surface area contributed by atoms with Gasteiger partial charge in [-0.3, -0.25) is 9.59 Å². The van der Waals surface area contributed by atoms with E-state index in [2.05, 4.69) is 6.92 Å². The van der Waals surface area contributed by atoms with E-state index in [4.69, 9.17) is 5.11 Å². The summed E-state index contributed by atoms with van der Waals surface area (Å²) >= 11 is 0. The van der Waals surface area contributed by atoms with Crippen molar-refractivity contribution < 1.29 is 14.7 Å². The van der Waals surface area contributed by atoms with Gasteiger partial charge in [0.25, 0.3) is 0 Å². The lowest BCUT2D eigenvalue weighted by atomic mass is 10.0. The molecule has 17 heavy (non-hydrogen) atoms. The molecule has 0 unspecified atom stereocenters. The smallest absolute Gasteiger partial charge is 0.305 e. The van der Waals surface area contributed by atoms with Crippen molar-refractivity contribution >= 4 is 11.9 Å². The zero-order valence-electron chi connectivity index (χ0n) is 11.2. The molecule has 0 aromatic carbocycles. The Balaban J connectivity index is 4.42. The molecule has 4 heteroatoms. The highest BCUT2D eigenvalue weighted by Gasteiger charge is 2.21. The van der Waals surface area contributed by atoms with Gasteiger partial charge in [-0.1, -0.05) is 27.2 Å². The quantitative estimate of drug-likeness (QED) is 0.677. The number of carbonyl (C=O) groups excluding carboxylic acids is 1. The molecule has 1 N–H and O–H groups in total. The van der Waals surface area contributed by atoms with E-state index in [0.29, 0.717) is 13.1 Å². The molecule has 0 aliphatic heterocycles. The lowest BCUT2D eigenvalue weighted by molar-refractivity contribution is -0.139. The first kappa shape index (κ1) is 15.9. The van der Waals surface area contributed by atoms with Gasteiger partial charge in [0.15, 0.2) is 0 Å². The second-order valence-electron chi connectivity index (χ2n) is 4.34. The Hall–Kier alpha value is -1.06. The minimum Gasteiger partial charge on any atom is -0.481 e. The maximum absolute atomic E-state index is 12.2. The van der Waals surface area contributed by atoms with Gasteiger partial charge in [-0.05, 0) is 19.3 Å². The van der Waals surface area contributed by atoms with Crippen molar-refractivity contribution in [1.82, 2.24) is 4.90 Å². The van der Waals surface area contributed by atoms with Crippen molar-refractivity contribution in [3.8, 4) is 0 Å². The van der Waals surface area contributed by atoms with Crippen LogP contribution in [-0.4, -0.2) is 35.0 Å². The number of carboxylic acid groups (broad SMARTS) is 1. The van der Waals surface area contributed by atoms with Crippen molar-refractivity contribution in [1.29, 1.82) is 0 Å². The van der Waals surface area contributed by atoms with E-state index >= 15 is 0 Å². The van der Waals surface area contributed by atoms with Gasteiger partial charge in [0, 0.05) is 19.0 Å². The summed E-state index contributed by atoms with van der Waals surface area (Å²) in [6, 6.07) is 0. The molecule has 0 atom stereocenters. The topological polar surface area (TPSA) is 57.6 Å². The van der Waals surface area contributed by atoms with Crippen LogP contribution in [0.15, 0.2) is 0 Å². The van der Waals surface area contributed by atoms with Gasteiger partial charge in [0.1, 0.15) is 0 Å². The molecule has 100 valence electrons. The Morgan fingerprint density at radius 3 is 2.12 bits per heavy atom. The van der Waals surface area contributed by atoms with Crippen LogP contribution in [0.2, 0.25) is 0 Å². The summed E-state index contributed by atoms with van der Waals surface area (Å²) in [6.45, 7) is 7.09. The van der Waals surface area contributed by atoms with Crippen LogP contribution in [-0.2, 0) is 9.59 Å². The zero-order valence-corrected chi connectivity index (χ0v) is 11.2. The predicted molar refractivity (Wildman–Crippen MR) is 67.8 cm³/mol. The van der Waals surface area contributed by atoms with E-state index in [-0.39, 0.29) is 18.2 Å². The molecule has 0 fully saturated rings. The summed E-state index contributed by atoms with van der Waals surface area (Å²) < 4.78 is 0. The number of carbonyl (C=O) groups is 2. The highest BCUT2D eigenvalue weighted by atomic mass is 16.4. The fourth-order valence-corrected chi connectivity index (χ4v) is 1.81. The van der Waals surface area contributed by atoms with Crippen molar-refractivity contribution in [3.05, 3.63) is 0 Å². The van der Waals surface area contributed by atoms with Gasteiger partial charge < -0.3 is 10.0 Å². The molecule has 0 spiro atoms. The molecule has 0 radical (unpaired) electrons. The minimum atomic E-state index is -0.844. The van der Waals surface area contributed by atoms with Gasteiger partial charge in [-0.2, -0.15) is 0 Å². The van der Waals surface area contributed by atoms with Gasteiger partial charge in [0.05, 0.1) is 6.42 Å². The molecule has 1 amide bonds. The fraction of sp³-hybridized carbons (Fsp3) is 0.846. The number of nitrogens with zero attached hydrogens (tertiary/aromatic N) is 1. The summed E-state index contributed by atoms with van der Waals surface area (Å²) in [5, 5.41) is 8.68. The minimum absolute atomic E-state index is 0.0373. The highest BCUT2D eigenvalue weighted by Crippen LogP contribution is 2.13. The lowest BCUT2D eigenvalue weighted by Gasteiger charge is -2.26. The molecule has 0 aromatic heterocycles. The fourth-order valence-electron chi connectivity index (χ4n) is 1.81. The van der Waals surface area contributed by atoms with Crippen LogP contribution in [0.3, 0.4) is 0 Å². The first-order valence-corrected chi connectivity index (χ1v) is 6.57. The summed E-state index contributed by atoms with van der Waals surface area (Å²) in [4.78, 5) is 24.4. The van der Waals surface area contributed by atoms with E-state index in [0.717, 1.165) is 25.7 Å². The van der Waals surface area contributed by atoms with Crippen molar-refractivity contribution in [2.24, 2.45) is 5.92 Å². The van der Waals surface area contributed by atoms with E-state index in [1.165, 1.54) is 0 Å². The van der Waals surface area contributed by atoms with Gasteiger partial charge in [-0.25, -0.2) is 0 Å². The average molecular weight is 243 g/mol. The monoisotopic (exact) mass is 243 g/mol. The summed E-state index contributed by atoms with van der Waals surface area (Å²) in [6.07, 6.45) is 3.64. The molecular formula is C13H25NO3. The number of unbranched alkanes of at least 4 members (excludes halogenated alkanes) is 1. The van der Waals surface area contributed by atoms with E-state index < -0.39 is 5.97 Å². The zero-order chi connectivity index (χ0) is 13.3. The molecule has 0 rings (SSSR count). The summed E-state index contributed by atoms with van der Waals surface area (Å²) in [5.74, 6) is -0.686. The van der Waals surface area contributed by atoms with Gasteiger partial charge in [0.2, 0.25) is 5.91 Å². The van der Waals surface area contributed by atoms with E-state index in [9.17, 15) is 9.59 Å². The second kappa shape index (κ2) is 9.02. The molecule has 0 saturated heterocycles. The summed E-state index contributed by atoms with van der Waals surface area (Å²) in [5.41, 5.74) is 0. The Bertz CT molecular complexity index is 237. The predicted octanol–water partition coefficient (Wildman–Crippen LogP) is 2.53.